The summed E-state index contributed by atoms with van der Waals surface area (Å²) in [5.41, 5.74) is 1.73. The summed E-state index contributed by atoms with van der Waals surface area (Å²) in [4.78, 5) is 4.12. The summed E-state index contributed by atoms with van der Waals surface area (Å²) in [7, 11) is -2.94. The molecule has 0 spiro atoms. The van der Waals surface area contributed by atoms with Crippen LogP contribution in [0.25, 0.3) is 0 Å². The topological polar surface area (TPSA) is 47.0 Å². The molecule has 0 aliphatic rings. The van der Waals surface area contributed by atoms with E-state index in [1.54, 1.807) is 6.20 Å². The Morgan fingerprint density at radius 3 is 2.46 bits per heavy atom. The van der Waals surface area contributed by atoms with Gasteiger partial charge in [-0.3, -0.25) is 4.98 Å². The molecular formula is C9H13NO2S. The first-order chi connectivity index (χ1) is 6.01. The summed E-state index contributed by atoms with van der Waals surface area (Å²) in [6, 6.07) is 3.67. The van der Waals surface area contributed by atoms with E-state index >= 15 is 0 Å². The molecule has 0 bridgehead atoms. The summed E-state index contributed by atoms with van der Waals surface area (Å²) < 4.78 is 21.9. The minimum atomic E-state index is -2.94. The lowest BCUT2D eigenvalue weighted by Crippen LogP contribution is -2.01. The Hall–Kier alpha value is -0.900. The van der Waals surface area contributed by atoms with Gasteiger partial charge in [0.2, 0.25) is 0 Å². The Kier molecular flexibility index (Phi) is 3.03. The standard InChI is InChI=1S/C9H13NO2S/c1-3-9-5-4-8(6-10-9)7-13(2,11)12/h4-6H,3,7H2,1-2H3. The molecule has 1 rings (SSSR count). The van der Waals surface area contributed by atoms with Crippen molar-refractivity contribution in [3.8, 4) is 0 Å². The van der Waals surface area contributed by atoms with Crippen molar-refractivity contribution in [3.63, 3.8) is 0 Å². The molecule has 4 heteroatoms. The number of aromatic nitrogens is 1. The molecule has 0 aromatic carbocycles. The van der Waals surface area contributed by atoms with Gasteiger partial charge in [-0.25, -0.2) is 8.42 Å². The predicted molar refractivity (Wildman–Crippen MR) is 52.2 cm³/mol. The van der Waals surface area contributed by atoms with E-state index in [1.807, 2.05) is 19.1 Å². The maximum atomic E-state index is 10.9. The molecule has 3 nitrogen and oxygen atoms in total. The molecule has 0 N–H and O–H groups in total. The van der Waals surface area contributed by atoms with E-state index in [0.29, 0.717) is 0 Å². The Morgan fingerprint density at radius 1 is 1.38 bits per heavy atom. The molecule has 0 saturated carbocycles. The summed E-state index contributed by atoms with van der Waals surface area (Å²) in [5, 5.41) is 0. The lowest BCUT2D eigenvalue weighted by atomic mass is 10.2. The SMILES string of the molecule is CCc1ccc(CS(C)(=O)=O)cn1. The quantitative estimate of drug-likeness (QED) is 0.734. The van der Waals surface area contributed by atoms with Crippen LogP contribution in [0.2, 0.25) is 0 Å². The molecule has 13 heavy (non-hydrogen) atoms. The molecule has 0 aliphatic carbocycles. The van der Waals surface area contributed by atoms with E-state index in [9.17, 15) is 8.42 Å². The number of aryl methyl sites for hydroxylation is 1. The lowest BCUT2D eigenvalue weighted by molar-refractivity contribution is 0.601. The van der Waals surface area contributed by atoms with Crippen LogP contribution in [0.5, 0.6) is 0 Å². The molecule has 0 radical (unpaired) electrons. The zero-order valence-electron chi connectivity index (χ0n) is 7.82. The van der Waals surface area contributed by atoms with Crippen molar-refractivity contribution in [2.75, 3.05) is 6.26 Å². The zero-order valence-corrected chi connectivity index (χ0v) is 8.63. The Bertz CT molecular complexity index is 367. The fourth-order valence-electron chi connectivity index (χ4n) is 1.05. The van der Waals surface area contributed by atoms with Gasteiger partial charge in [0.25, 0.3) is 0 Å². The summed E-state index contributed by atoms with van der Waals surface area (Å²) in [5.74, 6) is 0.0734. The van der Waals surface area contributed by atoms with Gasteiger partial charge < -0.3 is 0 Å². The van der Waals surface area contributed by atoms with E-state index in [1.165, 1.54) is 6.26 Å². The van der Waals surface area contributed by atoms with Gasteiger partial charge in [0.05, 0.1) is 5.75 Å². The van der Waals surface area contributed by atoms with Gasteiger partial charge in [0.1, 0.15) is 0 Å². The molecule has 1 aromatic heterocycles. The van der Waals surface area contributed by atoms with E-state index in [2.05, 4.69) is 4.98 Å². The van der Waals surface area contributed by atoms with Crippen molar-refractivity contribution in [2.24, 2.45) is 0 Å². The normalized spacial score (nSPS) is 11.5. The largest absolute Gasteiger partial charge is 0.261 e. The summed E-state index contributed by atoms with van der Waals surface area (Å²) >= 11 is 0. The smallest absolute Gasteiger partial charge is 0.151 e. The number of hydrogen-bond donors (Lipinski definition) is 0. The van der Waals surface area contributed by atoms with Gasteiger partial charge in [-0.15, -0.1) is 0 Å². The first-order valence-electron chi connectivity index (χ1n) is 4.13. The molecule has 0 saturated heterocycles. The predicted octanol–water partition coefficient (Wildman–Crippen LogP) is 1.19. The van der Waals surface area contributed by atoms with Crippen LogP contribution in [-0.2, 0) is 22.0 Å². The van der Waals surface area contributed by atoms with Gasteiger partial charge in [-0.05, 0) is 18.1 Å². The molecule has 72 valence electrons. The monoisotopic (exact) mass is 199 g/mol. The van der Waals surface area contributed by atoms with Crippen molar-refractivity contribution < 1.29 is 8.42 Å². The average Bonchev–Trinajstić information content (AvgIpc) is 2.03. The lowest BCUT2D eigenvalue weighted by Gasteiger charge is -1.99. The van der Waals surface area contributed by atoms with Crippen LogP contribution in [0, 0.1) is 0 Å². The van der Waals surface area contributed by atoms with Gasteiger partial charge in [0, 0.05) is 18.1 Å². The molecule has 0 amide bonds. The third kappa shape index (κ3) is 3.55. The molecule has 0 atom stereocenters. The van der Waals surface area contributed by atoms with Crippen molar-refractivity contribution in [2.45, 2.75) is 19.1 Å². The zero-order chi connectivity index (χ0) is 9.90. The second kappa shape index (κ2) is 3.87. The highest BCUT2D eigenvalue weighted by Gasteiger charge is 2.03. The first-order valence-corrected chi connectivity index (χ1v) is 6.19. The van der Waals surface area contributed by atoms with E-state index in [4.69, 9.17) is 0 Å². The number of sulfone groups is 1. The highest BCUT2D eigenvalue weighted by atomic mass is 32.2. The molecule has 1 heterocycles. The number of rotatable bonds is 3. The Labute approximate surface area is 78.7 Å². The average molecular weight is 199 g/mol. The third-order valence-corrected chi connectivity index (χ3v) is 2.53. The Morgan fingerprint density at radius 2 is 2.08 bits per heavy atom. The summed E-state index contributed by atoms with van der Waals surface area (Å²) in [6.45, 7) is 2.01. The van der Waals surface area contributed by atoms with Crippen molar-refractivity contribution in [1.29, 1.82) is 0 Å². The van der Waals surface area contributed by atoms with E-state index in [-0.39, 0.29) is 5.75 Å². The molecule has 0 unspecified atom stereocenters. The summed E-state index contributed by atoms with van der Waals surface area (Å²) in [6.07, 6.45) is 3.72. The number of pyridine rings is 1. The van der Waals surface area contributed by atoms with Crippen molar-refractivity contribution in [1.82, 2.24) is 4.98 Å². The van der Waals surface area contributed by atoms with Gasteiger partial charge in [-0.2, -0.15) is 0 Å². The van der Waals surface area contributed by atoms with Crippen LogP contribution in [0.1, 0.15) is 18.2 Å². The fraction of sp³-hybridized carbons (Fsp3) is 0.444. The maximum absolute atomic E-state index is 10.9. The second-order valence-electron chi connectivity index (χ2n) is 3.08. The Balaban J connectivity index is 2.81. The van der Waals surface area contributed by atoms with Crippen LogP contribution in [0.15, 0.2) is 18.3 Å². The van der Waals surface area contributed by atoms with Crippen LogP contribution in [0.4, 0.5) is 0 Å². The third-order valence-electron chi connectivity index (χ3n) is 1.68. The molecule has 1 aromatic rings. The van der Waals surface area contributed by atoms with Crippen molar-refractivity contribution >= 4 is 9.84 Å². The van der Waals surface area contributed by atoms with Crippen LogP contribution in [0.3, 0.4) is 0 Å². The van der Waals surface area contributed by atoms with E-state index < -0.39 is 9.84 Å². The first kappa shape index (κ1) is 10.2. The number of nitrogens with zero attached hydrogens (tertiary/aromatic N) is 1. The molecule has 0 aliphatic heterocycles. The van der Waals surface area contributed by atoms with Gasteiger partial charge >= 0.3 is 0 Å². The van der Waals surface area contributed by atoms with E-state index in [0.717, 1.165) is 17.7 Å². The van der Waals surface area contributed by atoms with Crippen LogP contribution in [-0.4, -0.2) is 19.7 Å². The number of hydrogen-bond acceptors (Lipinski definition) is 3. The molecule has 0 fully saturated rings. The minimum absolute atomic E-state index is 0.0734. The van der Waals surface area contributed by atoms with Crippen LogP contribution >= 0.6 is 0 Å². The van der Waals surface area contributed by atoms with Crippen molar-refractivity contribution in [3.05, 3.63) is 29.6 Å². The van der Waals surface area contributed by atoms with Crippen LogP contribution < -0.4 is 0 Å². The second-order valence-corrected chi connectivity index (χ2v) is 5.22. The fourth-order valence-corrected chi connectivity index (χ4v) is 1.83. The van der Waals surface area contributed by atoms with Gasteiger partial charge in [-0.1, -0.05) is 13.0 Å². The van der Waals surface area contributed by atoms with Gasteiger partial charge in [0.15, 0.2) is 9.84 Å². The minimum Gasteiger partial charge on any atom is -0.261 e. The highest BCUT2D eigenvalue weighted by molar-refractivity contribution is 7.89. The molecular weight excluding hydrogens is 186 g/mol. The maximum Gasteiger partial charge on any atom is 0.151 e. The highest BCUT2D eigenvalue weighted by Crippen LogP contribution is 2.04.